The fraction of sp³-hybridized carbons (Fsp3) is 0.300. The summed E-state index contributed by atoms with van der Waals surface area (Å²) in [5.74, 6) is -0.598. The van der Waals surface area contributed by atoms with Crippen molar-refractivity contribution in [1.82, 2.24) is 15.6 Å². The van der Waals surface area contributed by atoms with Gasteiger partial charge in [0.25, 0.3) is 11.8 Å². The molecule has 0 saturated carbocycles. The minimum absolute atomic E-state index is 0.0475. The van der Waals surface area contributed by atoms with Crippen LogP contribution in [0.5, 0.6) is 5.75 Å². The minimum atomic E-state index is -3.70. The number of rotatable bonds is 6. The van der Waals surface area contributed by atoms with Gasteiger partial charge in [0, 0.05) is 5.56 Å². The Hall–Kier alpha value is -2.91. The molecule has 8 nitrogen and oxygen atoms in total. The maximum Gasteiger partial charge on any atom is 0.279 e. The summed E-state index contributed by atoms with van der Waals surface area (Å²) in [6.45, 7) is 7.07. The van der Waals surface area contributed by atoms with Crippen LogP contribution in [-0.2, 0) is 14.8 Å². The van der Waals surface area contributed by atoms with Crippen molar-refractivity contribution < 1.29 is 22.7 Å². The van der Waals surface area contributed by atoms with Crippen molar-refractivity contribution in [1.29, 1.82) is 0 Å². The van der Waals surface area contributed by atoms with E-state index in [2.05, 4.69) is 15.6 Å². The zero-order chi connectivity index (χ0) is 21.8. The summed E-state index contributed by atoms with van der Waals surface area (Å²) in [4.78, 5) is 24.7. The molecule has 1 unspecified atom stereocenters. The van der Waals surface area contributed by atoms with E-state index in [4.69, 9.17) is 4.74 Å². The molecule has 0 heterocycles. The van der Waals surface area contributed by atoms with Crippen LogP contribution in [0.25, 0.3) is 0 Å². The lowest BCUT2D eigenvalue weighted by Gasteiger charge is -2.17. The van der Waals surface area contributed by atoms with E-state index < -0.39 is 27.9 Å². The molecule has 0 aliphatic heterocycles. The molecule has 0 spiro atoms. The molecule has 0 aromatic heterocycles. The number of aryl methyl sites for hydroxylation is 2. The molecule has 9 heteroatoms. The zero-order valence-electron chi connectivity index (χ0n) is 17.0. The van der Waals surface area contributed by atoms with Gasteiger partial charge in [-0.1, -0.05) is 18.2 Å². The fourth-order valence-corrected chi connectivity index (χ4v) is 3.27. The van der Waals surface area contributed by atoms with Gasteiger partial charge in [0.2, 0.25) is 10.0 Å². The van der Waals surface area contributed by atoms with Gasteiger partial charge in [-0.05, 0) is 69.6 Å². The average Bonchev–Trinajstić information content (AvgIpc) is 2.69. The van der Waals surface area contributed by atoms with Gasteiger partial charge in [-0.25, -0.2) is 13.1 Å². The van der Waals surface area contributed by atoms with Crippen LogP contribution in [-0.4, -0.2) is 33.4 Å². The smallest absolute Gasteiger partial charge is 0.279 e. The average molecular weight is 420 g/mol. The molecule has 0 aliphatic rings. The Morgan fingerprint density at radius 1 is 1.00 bits per heavy atom. The number of hydrogen-bond acceptors (Lipinski definition) is 5. The molecule has 0 radical (unpaired) electrons. The lowest BCUT2D eigenvalue weighted by Crippen LogP contribution is -2.47. The van der Waals surface area contributed by atoms with Crippen LogP contribution < -0.4 is 20.3 Å². The van der Waals surface area contributed by atoms with E-state index in [1.807, 2.05) is 26.0 Å². The standard InChI is InChI=1S/C20H25N3O5S/c1-12-7-6-8-18(14(12)3)28-15(4)19(24)22-23-20(25)17-11-16(10-9-13(17)2)29(26,27)21-5/h6-11,15,21H,1-5H3,(H,22,24)(H,23,25). The number of amides is 2. The number of ether oxygens (including phenoxy) is 1. The van der Waals surface area contributed by atoms with E-state index >= 15 is 0 Å². The molecular weight excluding hydrogens is 394 g/mol. The van der Waals surface area contributed by atoms with E-state index in [-0.39, 0.29) is 10.5 Å². The van der Waals surface area contributed by atoms with E-state index in [9.17, 15) is 18.0 Å². The first kappa shape index (κ1) is 22.4. The maximum absolute atomic E-state index is 12.4. The monoisotopic (exact) mass is 419 g/mol. The topological polar surface area (TPSA) is 114 Å². The Labute approximate surface area is 170 Å². The molecule has 0 fully saturated rings. The quantitative estimate of drug-likeness (QED) is 0.618. The Kier molecular flexibility index (Phi) is 6.99. The Morgan fingerprint density at radius 2 is 1.69 bits per heavy atom. The Morgan fingerprint density at radius 3 is 2.34 bits per heavy atom. The number of sulfonamides is 1. The molecule has 29 heavy (non-hydrogen) atoms. The number of carbonyl (C=O) groups excluding carboxylic acids is 2. The summed E-state index contributed by atoms with van der Waals surface area (Å²) in [5.41, 5.74) is 7.25. The highest BCUT2D eigenvalue weighted by molar-refractivity contribution is 7.89. The summed E-state index contributed by atoms with van der Waals surface area (Å²) >= 11 is 0. The minimum Gasteiger partial charge on any atom is -0.481 e. The van der Waals surface area contributed by atoms with Crippen LogP contribution in [0.3, 0.4) is 0 Å². The Bertz CT molecular complexity index is 1030. The number of hydrazine groups is 1. The van der Waals surface area contributed by atoms with E-state index in [1.54, 1.807) is 19.9 Å². The number of nitrogens with one attached hydrogen (secondary N) is 3. The van der Waals surface area contributed by atoms with Gasteiger partial charge in [-0.15, -0.1) is 0 Å². The van der Waals surface area contributed by atoms with E-state index in [0.29, 0.717) is 11.3 Å². The van der Waals surface area contributed by atoms with E-state index in [1.165, 1.54) is 25.2 Å². The first-order valence-electron chi connectivity index (χ1n) is 8.94. The predicted molar refractivity (Wildman–Crippen MR) is 109 cm³/mol. The first-order valence-corrected chi connectivity index (χ1v) is 10.4. The molecule has 2 aromatic carbocycles. The zero-order valence-corrected chi connectivity index (χ0v) is 17.8. The molecule has 3 N–H and O–H groups in total. The molecule has 2 aromatic rings. The fourth-order valence-electron chi connectivity index (χ4n) is 2.51. The third-order valence-corrected chi connectivity index (χ3v) is 5.97. The van der Waals surface area contributed by atoms with Crippen LogP contribution in [0, 0.1) is 20.8 Å². The number of benzene rings is 2. The normalized spacial score (nSPS) is 12.2. The maximum atomic E-state index is 12.4. The molecule has 1 atom stereocenters. The lowest BCUT2D eigenvalue weighted by atomic mass is 10.1. The van der Waals surface area contributed by atoms with Crippen LogP contribution in [0.4, 0.5) is 0 Å². The van der Waals surface area contributed by atoms with Crippen molar-refractivity contribution >= 4 is 21.8 Å². The molecule has 2 amide bonds. The van der Waals surface area contributed by atoms with Crippen molar-refractivity contribution in [3.8, 4) is 5.75 Å². The predicted octanol–water partition coefficient (Wildman–Crippen LogP) is 1.75. The largest absolute Gasteiger partial charge is 0.481 e. The molecule has 0 aliphatic carbocycles. The van der Waals surface area contributed by atoms with E-state index in [0.717, 1.165) is 11.1 Å². The van der Waals surface area contributed by atoms with Gasteiger partial charge in [0.1, 0.15) is 5.75 Å². The highest BCUT2D eigenvalue weighted by atomic mass is 32.2. The van der Waals surface area contributed by atoms with Crippen molar-refractivity contribution in [3.63, 3.8) is 0 Å². The molecule has 0 saturated heterocycles. The first-order chi connectivity index (χ1) is 13.6. The van der Waals surface area contributed by atoms with Crippen molar-refractivity contribution in [2.45, 2.75) is 38.7 Å². The van der Waals surface area contributed by atoms with Gasteiger partial charge >= 0.3 is 0 Å². The van der Waals surface area contributed by atoms with Crippen LogP contribution >= 0.6 is 0 Å². The van der Waals surface area contributed by atoms with Crippen LogP contribution in [0.15, 0.2) is 41.3 Å². The molecule has 0 bridgehead atoms. The lowest BCUT2D eigenvalue weighted by molar-refractivity contribution is -0.128. The van der Waals surface area contributed by atoms with Gasteiger partial charge < -0.3 is 4.74 Å². The third-order valence-electron chi connectivity index (χ3n) is 4.56. The number of carbonyl (C=O) groups is 2. The highest BCUT2D eigenvalue weighted by Crippen LogP contribution is 2.21. The van der Waals surface area contributed by atoms with Crippen LogP contribution in [0.1, 0.15) is 34.0 Å². The summed E-state index contributed by atoms with van der Waals surface area (Å²) < 4.78 is 31.7. The Balaban J connectivity index is 2.06. The third kappa shape index (κ3) is 5.33. The van der Waals surface area contributed by atoms with Gasteiger partial charge in [0.05, 0.1) is 4.90 Å². The second-order valence-corrected chi connectivity index (χ2v) is 8.47. The van der Waals surface area contributed by atoms with Crippen molar-refractivity contribution in [2.24, 2.45) is 0 Å². The summed E-state index contributed by atoms with van der Waals surface area (Å²) in [7, 11) is -2.41. The SMILES string of the molecule is CNS(=O)(=O)c1ccc(C)c(C(=O)NNC(=O)C(C)Oc2cccc(C)c2C)c1. The van der Waals surface area contributed by atoms with Gasteiger partial charge in [0.15, 0.2) is 6.10 Å². The van der Waals surface area contributed by atoms with Gasteiger partial charge in [-0.2, -0.15) is 0 Å². The van der Waals surface area contributed by atoms with Gasteiger partial charge in [-0.3, -0.25) is 20.4 Å². The molecular formula is C20H25N3O5S. The molecule has 156 valence electrons. The highest BCUT2D eigenvalue weighted by Gasteiger charge is 2.19. The summed E-state index contributed by atoms with van der Waals surface area (Å²) in [6, 6.07) is 9.71. The second-order valence-electron chi connectivity index (χ2n) is 6.59. The second kappa shape index (κ2) is 9.06. The van der Waals surface area contributed by atoms with Crippen LogP contribution in [0.2, 0.25) is 0 Å². The number of hydrogen-bond donors (Lipinski definition) is 3. The summed E-state index contributed by atoms with van der Waals surface area (Å²) in [5, 5.41) is 0. The molecule has 2 rings (SSSR count). The van der Waals surface area contributed by atoms with Crippen molar-refractivity contribution in [3.05, 3.63) is 58.7 Å². The van der Waals surface area contributed by atoms with Crippen molar-refractivity contribution in [2.75, 3.05) is 7.05 Å². The summed E-state index contributed by atoms with van der Waals surface area (Å²) in [6.07, 6.45) is -0.854.